The predicted octanol–water partition coefficient (Wildman–Crippen LogP) is 1.93. The summed E-state index contributed by atoms with van der Waals surface area (Å²) >= 11 is 0. The van der Waals surface area contributed by atoms with E-state index in [1.165, 1.54) is 11.9 Å². The zero-order chi connectivity index (χ0) is 13.9. The molecule has 0 spiro atoms. The highest BCUT2D eigenvalue weighted by atomic mass is 32.3. The van der Waals surface area contributed by atoms with E-state index in [2.05, 4.69) is 0 Å². The molecule has 0 aromatic carbocycles. The van der Waals surface area contributed by atoms with Gasteiger partial charge in [-0.1, -0.05) is 0 Å². The van der Waals surface area contributed by atoms with Crippen LogP contribution in [-0.4, -0.2) is 43.9 Å². The minimum atomic E-state index is -4.49. The monoisotopic (exact) mass is 269 g/mol. The lowest BCUT2D eigenvalue weighted by Gasteiger charge is -2.28. The molecule has 0 bridgehead atoms. The second-order valence-electron chi connectivity index (χ2n) is 4.97. The van der Waals surface area contributed by atoms with Gasteiger partial charge in [0.2, 0.25) is 0 Å². The molecule has 0 rings (SSSR count). The molecule has 0 saturated carbocycles. The summed E-state index contributed by atoms with van der Waals surface area (Å²) in [5.74, 6) is -0.596. The summed E-state index contributed by atoms with van der Waals surface area (Å²) in [7, 11) is -3.00. The number of ether oxygens (including phenoxy) is 1. The number of amides is 1. The minimum Gasteiger partial charge on any atom is -0.444 e. The van der Waals surface area contributed by atoms with Gasteiger partial charge in [0.1, 0.15) is 5.60 Å². The zero-order valence-corrected chi connectivity index (χ0v) is 11.7. The van der Waals surface area contributed by atoms with Gasteiger partial charge >= 0.3 is 16.3 Å². The van der Waals surface area contributed by atoms with E-state index < -0.39 is 33.7 Å². The van der Waals surface area contributed by atoms with Crippen molar-refractivity contribution in [3.8, 4) is 0 Å². The molecule has 0 aliphatic heterocycles. The number of rotatable bonds is 4. The van der Waals surface area contributed by atoms with Gasteiger partial charge in [0.25, 0.3) is 0 Å². The van der Waals surface area contributed by atoms with Crippen LogP contribution in [-0.2, 0) is 15.0 Å². The molecule has 0 aliphatic carbocycles. The third-order valence-corrected chi connectivity index (χ3v) is 2.85. The van der Waals surface area contributed by atoms with Crippen LogP contribution >= 0.6 is 0 Å². The van der Waals surface area contributed by atoms with E-state index in [9.17, 15) is 17.1 Å². The molecular weight excluding hydrogens is 249 g/mol. The van der Waals surface area contributed by atoms with Gasteiger partial charge in [0, 0.05) is 13.1 Å². The maximum atomic E-state index is 12.3. The fourth-order valence-electron chi connectivity index (χ4n) is 1.02. The highest BCUT2D eigenvalue weighted by Gasteiger charge is 2.23. The normalized spacial score (nSPS) is 14.2. The molecule has 7 heteroatoms. The fourth-order valence-corrected chi connectivity index (χ4v) is 1.64. The van der Waals surface area contributed by atoms with Gasteiger partial charge in [0.05, 0.1) is 5.75 Å². The van der Waals surface area contributed by atoms with Crippen LogP contribution < -0.4 is 0 Å². The molecule has 17 heavy (non-hydrogen) atoms. The molecule has 0 aliphatic rings. The van der Waals surface area contributed by atoms with E-state index in [4.69, 9.17) is 4.74 Å². The van der Waals surface area contributed by atoms with Gasteiger partial charge in [-0.2, -0.15) is 8.42 Å². The molecule has 0 aromatic heterocycles. The van der Waals surface area contributed by atoms with Gasteiger partial charge in [-0.3, -0.25) is 0 Å². The van der Waals surface area contributed by atoms with E-state index in [0.29, 0.717) is 0 Å². The lowest BCUT2D eigenvalue weighted by molar-refractivity contribution is 0.0233. The van der Waals surface area contributed by atoms with E-state index >= 15 is 0 Å². The number of hydrogen-bond donors (Lipinski definition) is 0. The van der Waals surface area contributed by atoms with Crippen molar-refractivity contribution < 1.29 is 21.8 Å². The van der Waals surface area contributed by atoms with E-state index in [-0.39, 0.29) is 6.42 Å². The summed E-state index contributed by atoms with van der Waals surface area (Å²) in [5.41, 5.74) is -0.614. The molecule has 1 unspecified atom stereocenters. The van der Waals surface area contributed by atoms with Crippen LogP contribution in [0.15, 0.2) is 0 Å². The Labute approximate surface area is 102 Å². The summed E-state index contributed by atoms with van der Waals surface area (Å²) in [6.07, 6.45) is -0.518. The Kier molecular flexibility index (Phi) is 5.38. The van der Waals surface area contributed by atoms with Crippen molar-refractivity contribution in [1.29, 1.82) is 0 Å². The lowest BCUT2D eigenvalue weighted by atomic mass is 10.2. The maximum absolute atomic E-state index is 12.3. The Balaban J connectivity index is 4.31. The summed E-state index contributed by atoms with van der Waals surface area (Å²) in [4.78, 5) is 12.8. The molecule has 0 heterocycles. The van der Waals surface area contributed by atoms with Gasteiger partial charge in [-0.15, -0.1) is 3.89 Å². The molecule has 1 amide bonds. The molecular formula is C10H20FNO4S. The minimum absolute atomic E-state index is 0.0363. The molecule has 0 radical (unpaired) electrons. The van der Waals surface area contributed by atoms with Gasteiger partial charge in [-0.05, 0) is 34.1 Å². The first kappa shape index (κ1) is 16.1. The Bertz CT molecular complexity index is 361. The van der Waals surface area contributed by atoms with Gasteiger partial charge < -0.3 is 9.64 Å². The zero-order valence-electron chi connectivity index (χ0n) is 10.9. The van der Waals surface area contributed by atoms with Crippen molar-refractivity contribution in [3.63, 3.8) is 0 Å². The third kappa shape index (κ3) is 7.95. The number of nitrogens with zero attached hydrogens (tertiary/aromatic N) is 1. The smallest absolute Gasteiger partial charge is 0.410 e. The molecule has 0 N–H and O–H groups in total. The fraction of sp³-hybridized carbons (Fsp3) is 0.900. The van der Waals surface area contributed by atoms with E-state index in [1.807, 2.05) is 0 Å². The van der Waals surface area contributed by atoms with Crippen LogP contribution in [0, 0.1) is 0 Å². The van der Waals surface area contributed by atoms with Crippen LogP contribution in [0.2, 0.25) is 0 Å². The molecule has 5 nitrogen and oxygen atoms in total. The van der Waals surface area contributed by atoms with Crippen LogP contribution in [0.25, 0.3) is 0 Å². The average molecular weight is 269 g/mol. The summed E-state index contributed by atoms with van der Waals surface area (Å²) in [6, 6.07) is -0.407. The quantitative estimate of drug-likeness (QED) is 0.732. The Hall–Kier alpha value is -0.850. The van der Waals surface area contributed by atoms with E-state index in [1.54, 1.807) is 27.7 Å². The molecule has 102 valence electrons. The van der Waals surface area contributed by atoms with Crippen LogP contribution in [0.5, 0.6) is 0 Å². The first-order valence-electron chi connectivity index (χ1n) is 5.30. The van der Waals surface area contributed by atoms with Gasteiger partial charge in [-0.25, -0.2) is 4.79 Å². The molecule has 0 aromatic rings. The summed E-state index contributed by atoms with van der Waals surface area (Å²) in [5, 5.41) is 0. The standard InChI is InChI=1S/C10H20FNO4S/c1-8(6-7-17(11,14)15)12(5)9(13)16-10(2,3)4/h8H,6-7H2,1-5H3. The Morgan fingerprint density at radius 1 is 1.41 bits per heavy atom. The topological polar surface area (TPSA) is 63.7 Å². The number of hydrogen-bond acceptors (Lipinski definition) is 4. The van der Waals surface area contributed by atoms with Crippen LogP contribution in [0.4, 0.5) is 8.68 Å². The molecule has 0 saturated heterocycles. The SMILES string of the molecule is CC(CCS(=O)(=O)F)N(C)C(=O)OC(C)(C)C. The van der Waals surface area contributed by atoms with E-state index in [0.717, 1.165) is 0 Å². The third-order valence-electron chi connectivity index (χ3n) is 2.12. The summed E-state index contributed by atoms with van der Waals surface area (Å²) in [6.45, 7) is 6.83. The Morgan fingerprint density at radius 2 is 1.88 bits per heavy atom. The highest BCUT2D eigenvalue weighted by Crippen LogP contribution is 2.12. The lowest BCUT2D eigenvalue weighted by Crippen LogP contribution is -2.40. The van der Waals surface area contributed by atoms with Crippen molar-refractivity contribution in [3.05, 3.63) is 0 Å². The maximum Gasteiger partial charge on any atom is 0.410 e. The van der Waals surface area contributed by atoms with Crippen molar-refractivity contribution in [2.24, 2.45) is 0 Å². The first-order valence-corrected chi connectivity index (χ1v) is 6.86. The second kappa shape index (κ2) is 5.66. The molecule has 0 fully saturated rings. The van der Waals surface area contributed by atoms with Crippen LogP contribution in [0.1, 0.15) is 34.1 Å². The number of carbonyl (C=O) groups is 1. The van der Waals surface area contributed by atoms with Crippen molar-refractivity contribution >= 4 is 16.3 Å². The second-order valence-corrected chi connectivity index (χ2v) is 6.46. The number of halogens is 1. The first-order chi connectivity index (χ1) is 7.42. The largest absolute Gasteiger partial charge is 0.444 e. The highest BCUT2D eigenvalue weighted by molar-refractivity contribution is 7.86. The predicted molar refractivity (Wildman–Crippen MR) is 63.0 cm³/mol. The van der Waals surface area contributed by atoms with Crippen LogP contribution in [0.3, 0.4) is 0 Å². The number of carbonyl (C=O) groups excluding carboxylic acids is 1. The van der Waals surface area contributed by atoms with Crippen molar-refractivity contribution in [1.82, 2.24) is 4.90 Å². The Morgan fingerprint density at radius 3 is 2.24 bits per heavy atom. The van der Waals surface area contributed by atoms with Crippen molar-refractivity contribution in [2.45, 2.75) is 45.8 Å². The van der Waals surface area contributed by atoms with Crippen molar-refractivity contribution in [2.75, 3.05) is 12.8 Å². The summed E-state index contributed by atoms with van der Waals surface area (Å²) < 4.78 is 38.1. The molecule has 1 atom stereocenters. The average Bonchev–Trinajstić information content (AvgIpc) is 2.08. The van der Waals surface area contributed by atoms with Gasteiger partial charge in [0.15, 0.2) is 0 Å².